The highest BCUT2D eigenvalue weighted by Gasteiger charge is 2.14. The van der Waals surface area contributed by atoms with Gasteiger partial charge < -0.3 is 4.74 Å². The molecule has 1 aromatic heterocycles. The molecule has 0 saturated carbocycles. The minimum absolute atomic E-state index is 0.343. The lowest BCUT2D eigenvalue weighted by molar-refractivity contribution is 0.0603. The fourth-order valence-corrected chi connectivity index (χ4v) is 2.59. The predicted molar refractivity (Wildman–Crippen MR) is 58.2 cm³/mol. The molecule has 0 spiro atoms. The number of ether oxygens (including phenoxy) is 1. The second kappa shape index (κ2) is 3.59. The van der Waals surface area contributed by atoms with Crippen LogP contribution in [0.15, 0.2) is 23.6 Å². The zero-order valence-electron chi connectivity index (χ0n) is 7.41. The summed E-state index contributed by atoms with van der Waals surface area (Å²) in [4.78, 5) is 11.4. The summed E-state index contributed by atoms with van der Waals surface area (Å²) in [7, 11) is 1.36. The van der Waals surface area contributed by atoms with Gasteiger partial charge in [0.25, 0.3) is 0 Å². The first-order chi connectivity index (χ1) is 6.74. The molecule has 2 rings (SSSR count). The SMILES string of the molecule is COC(=O)c1csc2cccc(Cl)c12. The molecule has 1 aromatic carbocycles. The summed E-state index contributed by atoms with van der Waals surface area (Å²) in [5.41, 5.74) is 0.540. The Morgan fingerprint density at radius 3 is 3.00 bits per heavy atom. The number of hydrogen-bond acceptors (Lipinski definition) is 3. The van der Waals surface area contributed by atoms with Gasteiger partial charge in [-0.2, -0.15) is 0 Å². The smallest absolute Gasteiger partial charge is 0.339 e. The van der Waals surface area contributed by atoms with E-state index in [1.807, 2.05) is 12.1 Å². The van der Waals surface area contributed by atoms with Gasteiger partial charge in [-0.15, -0.1) is 11.3 Å². The van der Waals surface area contributed by atoms with E-state index in [4.69, 9.17) is 11.6 Å². The van der Waals surface area contributed by atoms with Gasteiger partial charge in [-0.1, -0.05) is 17.7 Å². The molecular formula is C10H7ClO2S. The number of fused-ring (bicyclic) bond motifs is 1. The molecule has 0 bridgehead atoms. The topological polar surface area (TPSA) is 26.3 Å². The maximum atomic E-state index is 11.4. The molecule has 4 heteroatoms. The lowest BCUT2D eigenvalue weighted by atomic mass is 10.2. The number of hydrogen-bond donors (Lipinski definition) is 0. The molecule has 1 heterocycles. The molecule has 0 fully saturated rings. The van der Waals surface area contributed by atoms with Crippen molar-refractivity contribution < 1.29 is 9.53 Å². The van der Waals surface area contributed by atoms with Gasteiger partial charge in [0.2, 0.25) is 0 Å². The summed E-state index contributed by atoms with van der Waals surface area (Å²) in [6, 6.07) is 5.56. The average molecular weight is 227 g/mol. The highest BCUT2D eigenvalue weighted by Crippen LogP contribution is 2.32. The quantitative estimate of drug-likeness (QED) is 0.698. The first-order valence-corrected chi connectivity index (χ1v) is 5.24. The fraction of sp³-hybridized carbons (Fsp3) is 0.100. The number of carbonyl (C=O) groups excluding carboxylic acids is 1. The van der Waals surface area contributed by atoms with Crippen LogP contribution in [0.3, 0.4) is 0 Å². The van der Waals surface area contributed by atoms with E-state index in [0.29, 0.717) is 10.6 Å². The molecule has 0 saturated heterocycles. The van der Waals surface area contributed by atoms with Crippen LogP contribution < -0.4 is 0 Å². The zero-order chi connectivity index (χ0) is 10.1. The number of carbonyl (C=O) groups is 1. The van der Waals surface area contributed by atoms with Crippen LogP contribution in [0.5, 0.6) is 0 Å². The maximum Gasteiger partial charge on any atom is 0.339 e. The Balaban J connectivity index is 2.73. The normalized spacial score (nSPS) is 10.4. The standard InChI is InChI=1S/C10H7ClO2S/c1-13-10(12)6-5-14-8-4-2-3-7(11)9(6)8/h2-5H,1H3. The monoisotopic (exact) mass is 226 g/mol. The molecule has 0 atom stereocenters. The maximum absolute atomic E-state index is 11.4. The highest BCUT2D eigenvalue weighted by atomic mass is 35.5. The van der Waals surface area contributed by atoms with Gasteiger partial charge in [0.15, 0.2) is 0 Å². The van der Waals surface area contributed by atoms with Crippen LogP contribution in [0.4, 0.5) is 0 Å². The van der Waals surface area contributed by atoms with E-state index in [9.17, 15) is 4.79 Å². The summed E-state index contributed by atoms with van der Waals surface area (Å²) < 4.78 is 5.66. The van der Waals surface area contributed by atoms with E-state index in [1.54, 1.807) is 11.4 Å². The van der Waals surface area contributed by atoms with Crippen molar-refractivity contribution in [3.63, 3.8) is 0 Å². The van der Waals surface area contributed by atoms with Crippen LogP contribution in [0.2, 0.25) is 5.02 Å². The zero-order valence-corrected chi connectivity index (χ0v) is 8.98. The van der Waals surface area contributed by atoms with Crippen molar-refractivity contribution in [2.75, 3.05) is 7.11 Å². The van der Waals surface area contributed by atoms with E-state index in [1.165, 1.54) is 18.4 Å². The third kappa shape index (κ3) is 1.38. The van der Waals surface area contributed by atoms with Gasteiger partial charge in [0, 0.05) is 15.5 Å². The Hall–Kier alpha value is -1.06. The molecule has 2 nitrogen and oxygen atoms in total. The molecule has 0 unspecified atom stereocenters. The number of rotatable bonds is 1. The van der Waals surface area contributed by atoms with Crippen LogP contribution in [0, 0.1) is 0 Å². The van der Waals surface area contributed by atoms with Crippen molar-refractivity contribution in [1.82, 2.24) is 0 Å². The minimum Gasteiger partial charge on any atom is -0.465 e. The molecule has 0 N–H and O–H groups in total. The Morgan fingerprint density at radius 1 is 1.50 bits per heavy atom. The molecule has 72 valence electrons. The number of esters is 1. The second-order valence-corrected chi connectivity index (χ2v) is 4.07. The molecule has 0 amide bonds. The van der Waals surface area contributed by atoms with Gasteiger partial charge in [-0.05, 0) is 12.1 Å². The van der Waals surface area contributed by atoms with Crippen molar-refractivity contribution >= 4 is 39.0 Å². The van der Waals surface area contributed by atoms with Gasteiger partial charge in [-0.25, -0.2) is 4.79 Å². The van der Waals surface area contributed by atoms with Gasteiger partial charge in [-0.3, -0.25) is 0 Å². The van der Waals surface area contributed by atoms with Gasteiger partial charge in [0.1, 0.15) is 0 Å². The predicted octanol–water partition coefficient (Wildman–Crippen LogP) is 3.34. The van der Waals surface area contributed by atoms with Crippen molar-refractivity contribution in [3.05, 3.63) is 34.2 Å². The molecular weight excluding hydrogens is 220 g/mol. The van der Waals surface area contributed by atoms with E-state index < -0.39 is 0 Å². The number of benzene rings is 1. The third-order valence-electron chi connectivity index (χ3n) is 1.95. The molecule has 0 radical (unpaired) electrons. The molecule has 0 aliphatic heterocycles. The van der Waals surface area contributed by atoms with E-state index in [2.05, 4.69) is 4.74 Å². The summed E-state index contributed by atoms with van der Waals surface area (Å²) in [6.45, 7) is 0. The first-order valence-electron chi connectivity index (χ1n) is 3.98. The van der Waals surface area contributed by atoms with Crippen LogP contribution in [-0.4, -0.2) is 13.1 Å². The van der Waals surface area contributed by atoms with Crippen LogP contribution in [0.25, 0.3) is 10.1 Å². The van der Waals surface area contributed by atoms with E-state index >= 15 is 0 Å². The minimum atomic E-state index is -0.343. The van der Waals surface area contributed by atoms with Crippen molar-refractivity contribution in [2.24, 2.45) is 0 Å². The molecule has 0 aliphatic rings. The van der Waals surface area contributed by atoms with Crippen LogP contribution in [0.1, 0.15) is 10.4 Å². The average Bonchev–Trinajstić information content (AvgIpc) is 2.62. The number of thiophene rings is 1. The molecule has 14 heavy (non-hydrogen) atoms. The van der Waals surface area contributed by atoms with Crippen molar-refractivity contribution in [3.8, 4) is 0 Å². The van der Waals surface area contributed by atoms with Crippen LogP contribution >= 0.6 is 22.9 Å². The van der Waals surface area contributed by atoms with E-state index in [0.717, 1.165) is 10.1 Å². The lowest BCUT2D eigenvalue weighted by Gasteiger charge is -1.98. The summed E-state index contributed by atoms with van der Waals surface area (Å²) >= 11 is 7.49. The Kier molecular flexibility index (Phi) is 2.44. The molecule has 2 aromatic rings. The van der Waals surface area contributed by atoms with Crippen molar-refractivity contribution in [2.45, 2.75) is 0 Å². The number of methoxy groups -OCH3 is 1. The van der Waals surface area contributed by atoms with Gasteiger partial charge in [0.05, 0.1) is 17.7 Å². The first kappa shape index (κ1) is 9.49. The van der Waals surface area contributed by atoms with Crippen molar-refractivity contribution in [1.29, 1.82) is 0 Å². The summed E-state index contributed by atoms with van der Waals surface area (Å²) in [5.74, 6) is -0.343. The Morgan fingerprint density at radius 2 is 2.29 bits per heavy atom. The highest BCUT2D eigenvalue weighted by molar-refractivity contribution is 7.17. The van der Waals surface area contributed by atoms with Gasteiger partial charge >= 0.3 is 5.97 Å². The Labute approximate surface area is 90.1 Å². The molecule has 0 aliphatic carbocycles. The Bertz CT molecular complexity index is 490. The van der Waals surface area contributed by atoms with Crippen LogP contribution in [-0.2, 0) is 4.74 Å². The lowest BCUT2D eigenvalue weighted by Crippen LogP contribution is -1.99. The third-order valence-corrected chi connectivity index (χ3v) is 3.22. The second-order valence-electron chi connectivity index (χ2n) is 2.75. The number of halogens is 1. The summed E-state index contributed by atoms with van der Waals surface area (Å²) in [6.07, 6.45) is 0. The summed E-state index contributed by atoms with van der Waals surface area (Å²) in [5, 5.41) is 3.14. The fourth-order valence-electron chi connectivity index (χ4n) is 1.31. The largest absolute Gasteiger partial charge is 0.465 e. The van der Waals surface area contributed by atoms with E-state index in [-0.39, 0.29) is 5.97 Å².